The third kappa shape index (κ3) is 3.24. The van der Waals surface area contributed by atoms with Gasteiger partial charge in [0.15, 0.2) is 5.43 Å². The molecule has 1 aromatic heterocycles. The van der Waals surface area contributed by atoms with Crippen LogP contribution in [-0.2, 0) is 20.0 Å². The van der Waals surface area contributed by atoms with Crippen molar-refractivity contribution in [2.75, 3.05) is 19.0 Å². The number of benzene rings is 2. The number of para-hydroxylation sites is 2. The van der Waals surface area contributed by atoms with Crippen molar-refractivity contribution >= 4 is 22.6 Å². The summed E-state index contributed by atoms with van der Waals surface area (Å²) in [5, 5.41) is 3.62. The number of hydrogen-bond acceptors (Lipinski definition) is 3. The molecule has 29 heavy (non-hydrogen) atoms. The zero-order valence-corrected chi connectivity index (χ0v) is 17.2. The summed E-state index contributed by atoms with van der Waals surface area (Å²) in [5.74, 6) is 0.603. The normalized spacial score (nSPS) is 13.3. The van der Waals surface area contributed by atoms with E-state index >= 15 is 0 Å². The van der Waals surface area contributed by atoms with Gasteiger partial charge in [0.05, 0.1) is 24.9 Å². The number of hydrogen-bond donors (Lipinski definition) is 1. The number of pyridine rings is 1. The van der Waals surface area contributed by atoms with Crippen molar-refractivity contribution in [1.82, 2.24) is 9.47 Å². The summed E-state index contributed by atoms with van der Waals surface area (Å²) < 4.78 is 7.43. The van der Waals surface area contributed by atoms with E-state index in [-0.39, 0.29) is 11.5 Å². The van der Waals surface area contributed by atoms with Crippen molar-refractivity contribution in [3.8, 4) is 5.75 Å². The van der Waals surface area contributed by atoms with Crippen LogP contribution in [0.1, 0.15) is 22.4 Å². The molecular formula is C23H25N3O3. The Bertz CT molecular complexity index is 1180. The second-order valence-corrected chi connectivity index (χ2v) is 7.59. The summed E-state index contributed by atoms with van der Waals surface area (Å²) >= 11 is 0. The summed E-state index contributed by atoms with van der Waals surface area (Å²) in [5.41, 5.74) is 5.49. The molecule has 2 aromatic carbocycles. The number of aryl methyl sites for hydroxylation is 3. The third-order valence-corrected chi connectivity index (χ3v) is 5.66. The van der Waals surface area contributed by atoms with Crippen LogP contribution in [0.2, 0.25) is 0 Å². The highest BCUT2D eigenvalue weighted by Crippen LogP contribution is 2.26. The van der Waals surface area contributed by atoms with E-state index in [0.717, 1.165) is 27.7 Å². The maximum absolute atomic E-state index is 13.3. The Morgan fingerprint density at radius 3 is 2.69 bits per heavy atom. The number of amides is 2. The number of nitrogens with zero attached hydrogens (tertiary/aromatic N) is 2. The van der Waals surface area contributed by atoms with E-state index in [0.29, 0.717) is 36.5 Å². The van der Waals surface area contributed by atoms with Crippen LogP contribution in [0.15, 0.2) is 41.2 Å². The molecule has 0 fully saturated rings. The van der Waals surface area contributed by atoms with Gasteiger partial charge in [-0.15, -0.1) is 0 Å². The number of carbonyl (C=O) groups excluding carboxylic acids is 1. The molecule has 0 unspecified atom stereocenters. The first-order valence-corrected chi connectivity index (χ1v) is 9.71. The van der Waals surface area contributed by atoms with Crippen molar-refractivity contribution in [2.24, 2.45) is 7.05 Å². The molecule has 6 heteroatoms. The van der Waals surface area contributed by atoms with Crippen LogP contribution in [0.5, 0.6) is 5.75 Å². The van der Waals surface area contributed by atoms with E-state index in [1.165, 1.54) is 0 Å². The van der Waals surface area contributed by atoms with Gasteiger partial charge in [-0.2, -0.15) is 0 Å². The Balaban J connectivity index is 1.70. The zero-order valence-electron chi connectivity index (χ0n) is 17.2. The molecule has 0 saturated carbocycles. The van der Waals surface area contributed by atoms with E-state index < -0.39 is 0 Å². The topological polar surface area (TPSA) is 63.6 Å². The number of methoxy groups -OCH3 is 1. The van der Waals surface area contributed by atoms with Crippen molar-refractivity contribution in [2.45, 2.75) is 26.8 Å². The average molecular weight is 391 g/mol. The monoisotopic (exact) mass is 391 g/mol. The Morgan fingerprint density at radius 2 is 1.93 bits per heavy atom. The summed E-state index contributed by atoms with van der Waals surface area (Å²) in [6.07, 6.45) is 0.643. The number of carbonyl (C=O) groups is 1. The van der Waals surface area contributed by atoms with E-state index in [1.54, 1.807) is 24.1 Å². The molecule has 2 heterocycles. The third-order valence-electron chi connectivity index (χ3n) is 5.66. The van der Waals surface area contributed by atoms with Crippen LogP contribution in [0.3, 0.4) is 0 Å². The second kappa shape index (κ2) is 7.28. The molecule has 0 aliphatic carbocycles. The Kier molecular flexibility index (Phi) is 4.78. The van der Waals surface area contributed by atoms with Gasteiger partial charge in [0.2, 0.25) is 0 Å². The first kappa shape index (κ1) is 19.1. The number of rotatable bonds is 2. The van der Waals surface area contributed by atoms with Gasteiger partial charge in [0.1, 0.15) is 5.75 Å². The van der Waals surface area contributed by atoms with Crippen molar-refractivity contribution in [3.63, 3.8) is 0 Å². The average Bonchev–Trinajstić information content (AvgIpc) is 2.71. The zero-order chi connectivity index (χ0) is 20.7. The van der Waals surface area contributed by atoms with Gasteiger partial charge in [-0.1, -0.05) is 18.2 Å². The van der Waals surface area contributed by atoms with Crippen molar-refractivity contribution in [1.29, 1.82) is 0 Å². The minimum absolute atomic E-state index is 0.0229. The van der Waals surface area contributed by atoms with Crippen LogP contribution in [0.25, 0.3) is 10.9 Å². The Labute approximate surface area is 169 Å². The highest BCUT2D eigenvalue weighted by Gasteiger charge is 2.26. The highest BCUT2D eigenvalue weighted by molar-refractivity contribution is 5.91. The van der Waals surface area contributed by atoms with Crippen molar-refractivity contribution in [3.05, 3.63) is 69.0 Å². The van der Waals surface area contributed by atoms with E-state index in [2.05, 4.69) is 16.0 Å². The molecule has 0 bridgehead atoms. The molecule has 1 aliphatic heterocycles. The molecule has 6 nitrogen and oxygen atoms in total. The molecule has 2 amide bonds. The second-order valence-electron chi connectivity index (χ2n) is 7.59. The number of fused-ring (bicyclic) bond motifs is 2. The Hall–Kier alpha value is -3.28. The smallest absolute Gasteiger partial charge is 0.322 e. The summed E-state index contributed by atoms with van der Waals surface area (Å²) in [6, 6.07) is 11.1. The number of anilines is 1. The molecule has 150 valence electrons. The lowest BCUT2D eigenvalue weighted by Gasteiger charge is -2.31. The molecule has 1 aliphatic rings. The first-order valence-electron chi connectivity index (χ1n) is 9.71. The van der Waals surface area contributed by atoms with Crippen LogP contribution >= 0.6 is 0 Å². The summed E-state index contributed by atoms with van der Waals surface area (Å²) in [6.45, 7) is 4.89. The minimum atomic E-state index is -0.234. The summed E-state index contributed by atoms with van der Waals surface area (Å²) in [7, 11) is 3.58. The van der Waals surface area contributed by atoms with Gasteiger partial charge in [0.25, 0.3) is 0 Å². The van der Waals surface area contributed by atoms with Gasteiger partial charge in [-0.25, -0.2) is 4.79 Å². The van der Waals surface area contributed by atoms with Gasteiger partial charge < -0.3 is 19.5 Å². The molecule has 0 saturated heterocycles. The van der Waals surface area contributed by atoms with Crippen molar-refractivity contribution < 1.29 is 9.53 Å². The fraction of sp³-hybridized carbons (Fsp3) is 0.304. The van der Waals surface area contributed by atoms with Gasteiger partial charge >= 0.3 is 6.03 Å². The lowest BCUT2D eigenvalue weighted by Crippen LogP contribution is -2.42. The minimum Gasteiger partial charge on any atom is -0.495 e. The maximum atomic E-state index is 13.3. The lowest BCUT2D eigenvalue weighted by molar-refractivity contribution is 0.205. The van der Waals surface area contributed by atoms with E-state index in [1.807, 2.05) is 39.1 Å². The van der Waals surface area contributed by atoms with Crippen LogP contribution < -0.4 is 15.5 Å². The molecule has 0 spiro atoms. The molecule has 0 atom stereocenters. The van der Waals surface area contributed by atoms with Gasteiger partial charge in [-0.05, 0) is 43.2 Å². The fourth-order valence-electron chi connectivity index (χ4n) is 4.32. The molecule has 3 aromatic rings. The quantitative estimate of drug-likeness (QED) is 0.724. The number of aromatic nitrogens is 1. The predicted molar refractivity (Wildman–Crippen MR) is 115 cm³/mol. The number of nitrogens with one attached hydrogen (secondary N) is 1. The van der Waals surface area contributed by atoms with Gasteiger partial charge in [-0.3, -0.25) is 4.79 Å². The number of urea groups is 1. The van der Waals surface area contributed by atoms with E-state index in [9.17, 15) is 9.59 Å². The molecular weight excluding hydrogens is 366 g/mol. The molecule has 0 radical (unpaired) electrons. The Morgan fingerprint density at radius 1 is 1.17 bits per heavy atom. The predicted octanol–water partition coefficient (Wildman–Crippen LogP) is 3.75. The number of ether oxygens (including phenoxy) is 1. The SMILES string of the molecule is COc1ccccc1NC(=O)N1CCc2c(c(=O)c3cc(C)cc(C)c3n2C)C1. The summed E-state index contributed by atoms with van der Waals surface area (Å²) in [4.78, 5) is 27.8. The van der Waals surface area contributed by atoms with E-state index in [4.69, 9.17) is 4.74 Å². The highest BCUT2D eigenvalue weighted by atomic mass is 16.5. The standard InChI is InChI=1S/C23H25N3O3/c1-14-11-15(2)21-16(12-14)22(27)17-13-26(10-9-19(17)25(21)3)23(28)24-18-7-5-6-8-20(18)29-4/h5-8,11-12H,9-10,13H2,1-4H3,(H,24,28). The fourth-order valence-corrected chi connectivity index (χ4v) is 4.32. The first-order chi connectivity index (χ1) is 13.9. The molecule has 1 N–H and O–H groups in total. The molecule has 4 rings (SSSR count). The van der Waals surface area contributed by atoms with Crippen LogP contribution in [-0.4, -0.2) is 29.2 Å². The largest absolute Gasteiger partial charge is 0.495 e. The lowest BCUT2D eigenvalue weighted by atomic mass is 9.98. The van der Waals surface area contributed by atoms with Crippen LogP contribution in [0.4, 0.5) is 10.5 Å². The maximum Gasteiger partial charge on any atom is 0.322 e. The van der Waals surface area contributed by atoms with Gasteiger partial charge in [0, 0.05) is 36.7 Å². The van der Waals surface area contributed by atoms with Crippen LogP contribution in [0, 0.1) is 13.8 Å².